The van der Waals surface area contributed by atoms with Crippen molar-refractivity contribution >= 4 is 29.0 Å². The number of hydrogen-bond donors (Lipinski definition) is 0. The third kappa shape index (κ3) is 6.96. The molecule has 3 heteroatoms. The van der Waals surface area contributed by atoms with Gasteiger partial charge in [0.25, 0.3) is 0 Å². The van der Waals surface area contributed by atoms with E-state index in [1.807, 2.05) is 5.92 Å². The summed E-state index contributed by atoms with van der Waals surface area (Å²) in [5, 5.41) is 0. The molecule has 0 aromatic carbocycles. The van der Waals surface area contributed by atoms with Gasteiger partial charge in [-0.05, 0) is 29.9 Å². The zero-order valence-electron chi connectivity index (χ0n) is 5.97. The van der Waals surface area contributed by atoms with Gasteiger partial charge in [-0.15, -0.1) is 6.42 Å². The molecule has 1 nitrogen and oxygen atoms in total. The topological polar surface area (TPSA) is 17.1 Å². The van der Waals surface area contributed by atoms with Gasteiger partial charge in [0.05, 0.1) is 0 Å². The van der Waals surface area contributed by atoms with Crippen molar-refractivity contribution in [1.29, 1.82) is 0 Å². The van der Waals surface area contributed by atoms with Crippen molar-refractivity contribution in [2.45, 2.75) is 0 Å². The molecule has 0 N–H and O–H groups in total. The molecule has 12 heavy (non-hydrogen) atoms. The van der Waals surface area contributed by atoms with E-state index in [2.05, 4.69) is 11.8 Å². The summed E-state index contributed by atoms with van der Waals surface area (Å²) < 4.78 is 0.0731. The van der Waals surface area contributed by atoms with Crippen molar-refractivity contribution in [3.05, 3.63) is 22.7 Å². The van der Waals surface area contributed by atoms with Crippen molar-refractivity contribution in [2.75, 3.05) is 0 Å². The molecule has 0 aromatic heterocycles. The molecular weight excluding hydrogens is 195 g/mol. The van der Waals surface area contributed by atoms with E-state index >= 15 is 0 Å². The van der Waals surface area contributed by atoms with Crippen LogP contribution in [0.1, 0.15) is 0 Å². The highest BCUT2D eigenvalue weighted by atomic mass is 35.5. The van der Waals surface area contributed by atoms with Crippen LogP contribution in [-0.4, -0.2) is 5.78 Å². The molecule has 0 aliphatic rings. The first-order valence-electron chi connectivity index (χ1n) is 2.86. The number of hydrogen-bond acceptors (Lipinski definition) is 1. The molecular formula is C9H4Cl2O. The Kier molecular flexibility index (Phi) is 5.93. The molecule has 0 saturated heterocycles. The largest absolute Gasteiger partial charge is 0.280 e. The van der Waals surface area contributed by atoms with Crippen molar-refractivity contribution < 1.29 is 4.79 Å². The number of allylic oxidation sites excluding steroid dienone is 3. The maximum Gasteiger partial charge on any atom is 0.229 e. The van der Waals surface area contributed by atoms with E-state index in [1.54, 1.807) is 0 Å². The summed E-state index contributed by atoms with van der Waals surface area (Å²) in [6, 6.07) is 0. The Morgan fingerprint density at radius 2 is 2.08 bits per heavy atom. The first kappa shape index (κ1) is 10.9. The highest BCUT2D eigenvalue weighted by Gasteiger charge is 1.84. The van der Waals surface area contributed by atoms with Crippen LogP contribution in [0.4, 0.5) is 0 Å². The Labute approximate surface area is 81.0 Å². The van der Waals surface area contributed by atoms with Gasteiger partial charge in [-0.1, -0.05) is 29.3 Å². The van der Waals surface area contributed by atoms with Crippen LogP contribution in [0.15, 0.2) is 22.7 Å². The van der Waals surface area contributed by atoms with Crippen LogP contribution in [0.25, 0.3) is 0 Å². The van der Waals surface area contributed by atoms with Crippen LogP contribution >= 0.6 is 23.2 Å². The van der Waals surface area contributed by atoms with Crippen molar-refractivity contribution in [2.24, 2.45) is 0 Å². The molecule has 0 rings (SSSR count). The molecule has 0 radical (unpaired) electrons. The Hall–Kier alpha value is -1.15. The zero-order chi connectivity index (χ0) is 9.40. The Morgan fingerprint density at radius 3 is 2.58 bits per heavy atom. The first-order chi connectivity index (χ1) is 5.66. The molecule has 0 heterocycles. The van der Waals surface area contributed by atoms with Crippen molar-refractivity contribution in [1.82, 2.24) is 0 Å². The summed E-state index contributed by atoms with van der Waals surface area (Å²) in [5.41, 5.74) is 0. The normalized spacial score (nSPS) is 8.08. The zero-order valence-corrected chi connectivity index (χ0v) is 7.49. The summed E-state index contributed by atoms with van der Waals surface area (Å²) in [4.78, 5) is 10.7. The molecule has 0 aliphatic heterocycles. The van der Waals surface area contributed by atoms with E-state index in [0.717, 1.165) is 0 Å². The standard InChI is InChI=1S/C9H4Cl2O/c1-2-3-5-8(12)6-4-7-9(10)11/h1,4,6-7H/b6-4+. The fraction of sp³-hybridized carbons (Fsp3) is 0. The van der Waals surface area contributed by atoms with Crippen LogP contribution in [-0.2, 0) is 4.79 Å². The first-order valence-corrected chi connectivity index (χ1v) is 3.62. The van der Waals surface area contributed by atoms with Gasteiger partial charge in [-0.2, -0.15) is 0 Å². The monoisotopic (exact) mass is 198 g/mol. The molecule has 0 fully saturated rings. The molecule has 60 valence electrons. The number of carbonyl (C=O) groups is 1. The predicted molar refractivity (Wildman–Crippen MR) is 50.5 cm³/mol. The summed E-state index contributed by atoms with van der Waals surface area (Å²) in [6.45, 7) is 0. The highest BCUT2D eigenvalue weighted by molar-refractivity contribution is 6.56. The number of terminal acetylenes is 1. The molecule has 0 bridgehead atoms. The van der Waals surface area contributed by atoms with Crippen LogP contribution in [0, 0.1) is 24.2 Å². The van der Waals surface area contributed by atoms with Gasteiger partial charge in [-0.3, -0.25) is 4.79 Å². The molecule has 0 saturated carbocycles. The lowest BCUT2D eigenvalue weighted by molar-refractivity contribution is -0.109. The lowest BCUT2D eigenvalue weighted by atomic mass is 10.3. The van der Waals surface area contributed by atoms with Gasteiger partial charge < -0.3 is 0 Å². The van der Waals surface area contributed by atoms with Crippen LogP contribution in [0.3, 0.4) is 0 Å². The second-order valence-corrected chi connectivity index (χ2v) is 2.58. The van der Waals surface area contributed by atoms with E-state index in [9.17, 15) is 4.79 Å². The Bertz CT molecular complexity index is 317. The van der Waals surface area contributed by atoms with E-state index in [0.29, 0.717) is 0 Å². The maximum absolute atomic E-state index is 10.7. The number of ketones is 1. The van der Waals surface area contributed by atoms with Gasteiger partial charge in [0.1, 0.15) is 4.49 Å². The molecule has 0 atom stereocenters. The smallest absolute Gasteiger partial charge is 0.229 e. The molecule has 0 unspecified atom stereocenters. The van der Waals surface area contributed by atoms with E-state index in [-0.39, 0.29) is 4.49 Å². The minimum atomic E-state index is -0.390. The van der Waals surface area contributed by atoms with Crippen LogP contribution in [0.2, 0.25) is 0 Å². The number of halogens is 2. The Balaban J connectivity index is 4.13. The summed E-state index contributed by atoms with van der Waals surface area (Å²) in [6.07, 6.45) is 8.77. The number of carbonyl (C=O) groups excluding carboxylic acids is 1. The lowest BCUT2D eigenvalue weighted by Crippen LogP contribution is -1.83. The van der Waals surface area contributed by atoms with Gasteiger partial charge in [0.15, 0.2) is 0 Å². The van der Waals surface area contributed by atoms with Crippen LogP contribution < -0.4 is 0 Å². The Morgan fingerprint density at radius 1 is 1.42 bits per heavy atom. The molecule has 0 amide bonds. The van der Waals surface area contributed by atoms with E-state index in [4.69, 9.17) is 29.6 Å². The number of rotatable bonds is 2. The lowest BCUT2D eigenvalue weighted by Gasteiger charge is -1.76. The fourth-order valence-electron chi connectivity index (χ4n) is 0.348. The molecule has 0 aromatic rings. The van der Waals surface area contributed by atoms with Crippen LogP contribution in [0.5, 0.6) is 0 Å². The summed E-state index contributed by atoms with van der Waals surface area (Å²) in [7, 11) is 0. The minimum absolute atomic E-state index is 0.0731. The SMILES string of the molecule is C#CC#CC(=O)/C=C/C=C(Cl)Cl. The van der Waals surface area contributed by atoms with Crippen molar-refractivity contribution in [3.8, 4) is 24.2 Å². The second-order valence-electron chi connectivity index (χ2n) is 1.57. The molecule has 0 aliphatic carbocycles. The predicted octanol–water partition coefficient (Wildman–Crippen LogP) is 2.07. The van der Waals surface area contributed by atoms with E-state index < -0.39 is 5.78 Å². The fourth-order valence-corrected chi connectivity index (χ4v) is 0.493. The third-order valence-electron chi connectivity index (χ3n) is 0.728. The highest BCUT2D eigenvalue weighted by Crippen LogP contribution is 2.05. The van der Waals surface area contributed by atoms with Gasteiger partial charge >= 0.3 is 0 Å². The second kappa shape index (κ2) is 6.55. The minimum Gasteiger partial charge on any atom is -0.280 e. The third-order valence-corrected chi connectivity index (χ3v) is 0.980. The molecule has 0 spiro atoms. The van der Waals surface area contributed by atoms with Crippen molar-refractivity contribution in [3.63, 3.8) is 0 Å². The van der Waals surface area contributed by atoms with Gasteiger partial charge in [0.2, 0.25) is 5.78 Å². The summed E-state index contributed by atoms with van der Waals surface area (Å²) in [5.74, 6) is 5.98. The average Bonchev–Trinajstić information content (AvgIpc) is 2.00. The maximum atomic E-state index is 10.7. The average molecular weight is 199 g/mol. The van der Waals surface area contributed by atoms with Gasteiger partial charge in [0, 0.05) is 0 Å². The van der Waals surface area contributed by atoms with E-state index in [1.165, 1.54) is 18.2 Å². The van der Waals surface area contributed by atoms with Gasteiger partial charge in [-0.25, -0.2) is 0 Å². The quantitative estimate of drug-likeness (QED) is 0.288. The summed E-state index contributed by atoms with van der Waals surface area (Å²) >= 11 is 10.5.